The molecule has 0 aliphatic heterocycles. The Morgan fingerprint density at radius 3 is 2.54 bits per heavy atom. The summed E-state index contributed by atoms with van der Waals surface area (Å²) in [6, 6.07) is 10.3. The molecule has 2 aromatic carbocycles. The fraction of sp³-hybridized carbons (Fsp3) is 0.235. The van der Waals surface area contributed by atoms with Gasteiger partial charge in [-0.15, -0.1) is 0 Å². The highest BCUT2D eigenvalue weighted by atomic mass is 32.2. The van der Waals surface area contributed by atoms with Crippen molar-refractivity contribution >= 4 is 15.9 Å². The number of hydrogen-bond donors (Lipinski definition) is 2. The Kier molecular flexibility index (Phi) is 6.27. The molecule has 0 saturated carbocycles. The van der Waals surface area contributed by atoms with Crippen LogP contribution in [0.1, 0.15) is 21.5 Å². The lowest BCUT2D eigenvalue weighted by molar-refractivity contribution is -0.0504. The van der Waals surface area contributed by atoms with Gasteiger partial charge in [0.25, 0.3) is 5.91 Å². The maximum atomic E-state index is 12.4. The van der Waals surface area contributed by atoms with Gasteiger partial charge in [0.15, 0.2) is 0 Å². The standard InChI is InChI=1S/C17H18F2N2O4S/c1-11-7-8-13(26(23,24)20-2)9-14(11)16(22)21-10-12-5-3-4-6-15(12)25-17(18)19/h3-9,17,20H,10H2,1-2H3,(H,21,22). The predicted molar refractivity (Wildman–Crippen MR) is 91.7 cm³/mol. The van der Waals surface area contributed by atoms with Crippen LogP contribution in [0.3, 0.4) is 0 Å². The van der Waals surface area contributed by atoms with Crippen LogP contribution in [0.4, 0.5) is 8.78 Å². The second-order valence-electron chi connectivity index (χ2n) is 5.35. The van der Waals surface area contributed by atoms with E-state index in [0.29, 0.717) is 11.1 Å². The Hall–Kier alpha value is -2.52. The van der Waals surface area contributed by atoms with Crippen molar-refractivity contribution in [2.75, 3.05) is 7.05 Å². The van der Waals surface area contributed by atoms with Gasteiger partial charge in [-0.2, -0.15) is 8.78 Å². The highest BCUT2D eigenvalue weighted by Crippen LogP contribution is 2.21. The lowest BCUT2D eigenvalue weighted by Gasteiger charge is -2.13. The summed E-state index contributed by atoms with van der Waals surface area (Å²) < 4.78 is 55.2. The normalized spacial score (nSPS) is 11.4. The molecule has 2 N–H and O–H groups in total. The first kappa shape index (κ1) is 19.8. The van der Waals surface area contributed by atoms with Gasteiger partial charge in [-0.25, -0.2) is 13.1 Å². The highest BCUT2D eigenvalue weighted by Gasteiger charge is 2.17. The van der Waals surface area contributed by atoms with Crippen LogP contribution in [0.5, 0.6) is 5.75 Å². The van der Waals surface area contributed by atoms with Crippen molar-refractivity contribution in [2.45, 2.75) is 25.0 Å². The third kappa shape index (κ3) is 4.77. The zero-order chi connectivity index (χ0) is 19.3. The van der Waals surface area contributed by atoms with Gasteiger partial charge in [-0.05, 0) is 37.7 Å². The van der Waals surface area contributed by atoms with Crippen molar-refractivity contribution in [1.29, 1.82) is 0 Å². The van der Waals surface area contributed by atoms with E-state index >= 15 is 0 Å². The molecule has 0 radical (unpaired) electrons. The molecule has 0 aromatic heterocycles. The van der Waals surface area contributed by atoms with Crippen LogP contribution in [-0.4, -0.2) is 28.0 Å². The Morgan fingerprint density at radius 2 is 1.88 bits per heavy atom. The van der Waals surface area contributed by atoms with Gasteiger partial charge in [0.2, 0.25) is 10.0 Å². The summed E-state index contributed by atoms with van der Waals surface area (Å²) in [5, 5.41) is 2.59. The summed E-state index contributed by atoms with van der Waals surface area (Å²) in [5.74, 6) is -0.562. The number of nitrogens with one attached hydrogen (secondary N) is 2. The molecule has 0 spiro atoms. The van der Waals surface area contributed by atoms with Gasteiger partial charge in [0.1, 0.15) is 5.75 Å². The molecule has 0 aliphatic rings. The average Bonchev–Trinajstić information content (AvgIpc) is 2.60. The summed E-state index contributed by atoms with van der Waals surface area (Å²) in [6.45, 7) is -1.36. The number of rotatable bonds is 7. The first-order chi connectivity index (χ1) is 12.2. The van der Waals surface area contributed by atoms with E-state index in [1.165, 1.54) is 31.3 Å². The van der Waals surface area contributed by atoms with Gasteiger partial charge in [-0.3, -0.25) is 4.79 Å². The van der Waals surface area contributed by atoms with E-state index in [2.05, 4.69) is 14.8 Å². The van der Waals surface area contributed by atoms with Crippen LogP contribution in [-0.2, 0) is 16.6 Å². The van der Waals surface area contributed by atoms with Gasteiger partial charge in [0, 0.05) is 17.7 Å². The van der Waals surface area contributed by atoms with Gasteiger partial charge < -0.3 is 10.1 Å². The number of alkyl halides is 2. The van der Waals surface area contributed by atoms with Crippen LogP contribution in [0.15, 0.2) is 47.4 Å². The molecule has 0 bridgehead atoms. The summed E-state index contributed by atoms with van der Waals surface area (Å²) in [4.78, 5) is 12.4. The molecule has 0 saturated heterocycles. The van der Waals surface area contributed by atoms with Crippen molar-refractivity contribution < 1.29 is 26.7 Å². The number of aryl methyl sites for hydroxylation is 1. The third-order valence-corrected chi connectivity index (χ3v) is 5.07. The molecular weight excluding hydrogens is 366 g/mol. The zero-order valence-corrected chi connectivity index (χ0v) is 14.9. The van der Waals surface area contributed by atoms with E-state index in [-0.39, 0.29) is 22.8 Å². The van der Waals surface area contributed by atoms with Crippen LogP contribution in [0.2, 0.25) is 0 Å². The number of carbonyl (C=O) groups excluding carboxylic acids is 1. The smallest absolute Gasteiger partial charge is 0.387 e. The SMILES string of the molecule is CNS(=O)(=O)c1ccc(C)c(C(=O)NCc2ccccc2OC(F)F)c1. The fourth-order valence-corrected chi connectivity index (χ4v) is 3.02. The summed E-state index contributed by atoms with van der Waals surface area (Å²) in [5.41, 5.74) is 1.13. The Morgan fingerprint density at radius 1 is 1.19 bits per heavy atom. The van der Waals surface area contributed by atoms with Crippen molar-refractivity contribution in [3.8, 4) is 5.75 Å². The molecule has 0 unspecified atom stereocenters. The first-order valence-electron chi connectivity index (χ1n) is 7.59. The number of para-hydroxylation sites is 1. The molecule has 9 heteroatoms. The highest BCUT2D eigenvalue weighted by molar-refractivity contribution is 7.89. The largest absolute Gasteiger partial charge is 0.434 e. The maximum Gasteiger partial charge on any atom is 0.387 e. The van der Waals surface area contributed by atoms with Gasteiger partial charge in [-0.1, -0.05) is 24.3 Å². The summed E-state index contributed by atoms with van der Waals surface area (Å²) in [7, 11) is -2.42. The zero-order valence-electron chi connectivity index (χ0n) is 14.1. The number of carbonyl (C=O) groups is 1. The minimum Gasteiger partial charge on any atom is -0.434 e. The second-order valence-corrected chi connectivity index (χ2v) is 7.24. The molecule has 1 amide bonds. The molecule has 2 aromatic rings. The predicted octanol–water partition coefficient (Wildman–Crippen LogP) is 2.43. The van der Waals surface area contributed by atoms with Gasteiger partial charge in [0.05, 0.1) is 4.90 Å². The van der Waals surface area contributed by atoms with Crippen LogP contribution >= 0.6 is 0 Å². The molecule has 26 heavy (non-hydrogen) atoms. The van der Waals surface area contributed by atoms with E-state index in [9.17, 15) is 22.0 Å². The van der Waals surface area contributed by atoms with E-state index < -0.39 is 22.5 Å². The topological polar surface area (TPSA) is 84.5 Å². The number of sulfonamides is 1. The van der Waals surface area contributed by atoms with E-state index in [1.807, 2.05) is 0 Å². The minimum atomic E-state index is -3.69. The lowest BCUT2D eigenvalue weighted by atomic mass is 10.1. The second kappa shape index (κ2) is 8.24. The van der Waals surface area contributed by atoms with Crippen LogP contribution in [0, 0.1) is 6.92 Å². The molecule has 2 rings (SSSR count). The third-order valence-electron chi connectivity index (χ3n) is 3.66. The lowest BCUT2D eigenvalue weighted by Crippen LogP contribution is -2.25. The number of halogens is 2. The molecule has 0 heterocycles. The van der Waals surface area contributed by atoms with E-state index in [4.69, 9.17) is 0 Å². The van der Waals surface area contributed by atoms with Gasteiger partial charge >= 0.3 is 6.61 Å². The Labute approximate surface area is 150 Å². The maximum absolute atomic E-state index is 12.4. The monoisotopic (exact) mass is 384 g/mol. The van der Waals surface area contributed by atoms with Crippen molar-refractivity contribution in [3.05, 3.63) is 59.2 Å². The summed E-state index contributed by atoms with van der Waals surface area (Å²) >= 11 is 0. The minimum absolute atomic E-state index is 0.0361. The fourth-order valence-electron chi connectivity index (χ4n) is 2.26. The van der Waals surface area contributed by atoms with Crippen molar-refractivity contribution in [1.82, 2.24) is 10.0 Å². The molecular formula is C17H18F2N2O4S. The van der Waals surface area contributed by atoms with Crippen molar-refractivity contribution in [2.24, 2.45) is 0 Å². The Bertz CT molecular complexity index is 901. The summed E-state index contributed by atoms with van der Waals surface area (Å²) in [6.07, 6.45) is 0. The number of benzene rings is 2. The Balaban J connectivity index is 2.20. The first-order valence-corrected chi connectivity index (χ1v) is 9.08. The molecule has 0 atom stereocenters. The molecule has 0 fully saturated rings. The quantitative estimate of drug-likeness (QED) is 0.768. The van der Waals surface area contributed by atoms with E-state index in [1.54, 1.807) is 25.1 Å². The van der Waals surface area contributed by atoms with Crippen molar-refractivity contribution in [3.63, 3.8) is 0 Å². The number of amides is 1. The number of hydrogen-bond acceptors (Lipinski definition) is 4. The number of ether oxygens (including phenoxy) is 1. The van der Waals surface area contributed by atoms with Crippen LogP contribution in [0.25, 0.3) is 0 Å². The van der Waals surface area contributed by atoms with Crippen LogP contribution < -0.4 is 14.8 Å². The van der Waals surface area contributed by atoms with E-state index in [0.717, 1.165) is 0 Å². The molecule has 6 nitrogen and oxygen atoms in total. The molecule has 0 aliphatic carbocycles. The average molecular weight is 384 g/mol. The molecule has 140 valence electrons.